The highest BCUT2D eigenvalue weighted by Crippen LogP contribution is 2.10. The van der Waals surface area contributed by atoms with Crippen LogP contribution in [0.2, 0.25) is 0 Å². The molecule has 1 aromatic heterocycles. The van der Waals surface area contributed by atoms with E-state index in [0.717, 1.165) is 6.42 Å². The van der Waals surface area contributed by atoms with Crippen molar-refractivity contribution in [3.63, 3.8) is 0 Å². The van der Waals surface area contributed by atoms with Crippen molar-refractivity contribution < 1.29 is 9.47 Å². The molecule has 0 bridgehead atoms. The number of aromatic nitrogens is 2. The first-order valence-electron chi connectivity index (χ1n) is 6.10. The average molecular weight is 254 g/mol. The fourth-order valence-corrected chi connectivity index (χ4v) is 1.40. The molecule has 6 nitrogen and oxygen atoms in total. The molecule has 102 valence electrons. The Hall–Kier alpha value is -1.40. The number of nitrogens with one attached hydrogen (secondary N) is 1. The highest BCUT2D eigenvalue weighted by Gasteiger charge is 2.04. The van der Waals surface area contributed by atoms with Gasteiger partial charge < -0.3 is 20.5 Å². The van der Waals surface area contributed by atoms with Crippen molar-refractivity contribution in [2.75, 3.05) is 25.6 Å². The Balaban J connectivity index is 2.38. The highest BCUT2D eigenvalue weighted by atomic mass is 16.5. The van der Waals surface area contributed by atoms with Crippen LogP contribution in [0.15, 0.2) is 12.3 Å². The van der Waals surface area contributed by atoms with Gasteiger partial charge >= 0.3 is 0 Å². The first-order valence-corrected chi connectivity index (χ1v) is 6.10. The zero-order valence-corrected chi connectivity index (χ0v) is 11.2. The van der Waals surface area contributed by atoms with Gasteiger partial charge in [-0.25, -0.2) is 4.98 Å². The van der Waals surface area contributed by atoms with Crippen LogP contribution in [0.3, 0.4) is 0 Å². The summed E-state index contributed by atoms with van der Waals surface area (Å²) in [6.45, 7) is 5.17. The van der Waals surface area contributed by atoms with E-state index in [2.05, 4.69) is 15.3 Å². The molecule has 0 aliphatic heterocycles. The third kappa shape index (κ3) is 5.79. The van der Waals surface area contributed by atoms with E-state index in [-0.39, 0.29) is 12.1 Å². The van der Waals surface area contributed by atoms with Gasteiger partial charge in [0.15, 0.2) is 0 Å². The summed E-state index contributed by atoms with van der Waals surface area (Å²) in [5.74, 6) is 1.13. The van der Waals surface area contributed by atoms with Gasteiger partial charge in [-0.15, -0.1) is 0 Å². The summed E-state index contributed by atoms with van der Waals surface area (Å²) in [6, 6.07) is 1.76. The Morgan fingerprint density at radius 1 is 1.44 bits per heavy atom. The summed E-state index contributed by atoms with van der Waals surface area (Å²) < 4.78 is 10.5. The van der Waals surface area contributed by atoms with Crippen LogP contribution >= 0.6 is 0 Å². The Kier molecular flexibility index (Phi) is 6.38. The SMILES string of the molecule is COCC(N)CCNc1nccc(OC(C)C)n1. The molecule has 0 saturated carbocycles. The minimum Gasteiger partial charge on any atom is -0.475 e. The van der Waals surface area contributed by atoms with Crippen molar-refractivity contribution in [2.24, 2.45) is 5.73 Å². The predicted molar refractivity (Wildman–Crippen MR) is 70.8 cm³/mol. The molecule has 0 aliphatic carbocycles. The smallest absolute Gasteiger partial charge is 0.225 e. The molecule has 3 N–H and O–H groups in total. The van der Waals surface area contributed by atoms with E-state index in [9.17, 15) is 0 Å². The van der Waals surface area contributed by atoms with Crippen molar-refractivity contribution in [1.82, 2.24) is 9.97 Å². The third-order valence-corrected chi connectivity index (χ3v) is 2.17. The van der Waals surface area contributed by atoms with E-state index >= 15 is 0 Å². The second kappa shape index (κ2) is 7.84. The molecule has 1 atom stereocenters. The predicted octanol–water partition coefficient (Wildman–Crippen LogP) is 1.04. The van der Waals surface area contributed by atoms with Gasteiger partial charge in [-0.1, -0.05) is 0 Å². The van der Waals surface area contributed by atoms with Crippen LogP contribution in [0.4, 0.5) is 5.95 Å². The van der Waals surface area contributed by atoms with Gasteiger partial charge in [0.05, 0.1) is 12.7 Å². The second-order valence-electron chi connectivity index (χ2n) is 4.32. The van der Waals surface area contributed by atoms with Crippen LogP contribution in [0.25, 0.3) is 0 Å². The van der Waals surface area contributed by atoms with Gasteiger partial charge in [0, 0.05) is 32.0 Å². The maximum Gasteiger partial charge on any atom is 0.225 e. The summed E-state index contributed by atoms with van der Waals surface area (Å²) >= 11 is 0. The van der Waals surface area contributed by atoms with Crippen LogP contribution in [0.5, 0.6) is 5.88 Å². The summed E-state index contributed by atoms with van der Waals surface area (Å²) in [4.78, 5) is 8.35. The Bertz CT molecular complexity index is 347. The molecule has 18 heavy (non-hydrogen) atoms. The summed E-state index contributed by atoms with van der Waals surface area (Å²) in [6.07, 6.45) is 2.57. The molecule has 6 heteroatoms. The van der Waals surface area contributed by atoms with Crippen molar-refractivity contribution >= 4 is 5.95 Å². The standard InChI is InChI=1S/C12H22N4O2/c1-9(2)18-11-5-7-15-12(16-11)14-6-4-10(13)8-17-3/h5,7,9-10H,4,6,8,13H2,1-3H3,(H,14,15,16). The Morgan fingerprint density at radius 2 is 2.22 bits per heavy atom. The summed E-state index contributed by atoms with van der Waals surface area (Å²) in [7, 11) is 1.64. The number of ether oxygens (including phenoxy) is 2. The maximum atomic E-state index is 5.81. The normalized spacial score (nSPS) is 12.5. The quantitative estimate of drug-likeness (QED) is 0.721. The number of anilines is 1. The molecule has 0 aromatic carbocycles. The lowest BCUT2D eigenvalue weighted by Gasteiger charge is -2.12. The average Bonchev–Trinajstić information content (AvgIpc) is 2.29. The fraction of sp³-hybridized carbons (Fsp3) is 0.667. The molecule has 0 spiro atoms. The van der Waals surface area contributed by atoms with Gasteiger partial charge in [0.25, 0.3) is 0 Å². The van der Waals surface area contributed by atoms with Crippen LogP contribution in [-0.4, -0.2) is 42.4 Å². The fourth-order valence-electron chi connectivity index (χ4n) is 1.40. The van der Waals surface area contributed by atoms with Gasteiger partial charge in [-0.2, -0.15) is 4.98 Å². The van der Waals surface area contributed by atoms with E-state index < -0.39 is 0 Å². The van der Waals surface area contributed by atoms with Gasteiger partial charge in [-0.3, -0.25) is 0 Å². The van der Waals surface area contributed by atoms with Crippen molar-refractivity contribution in [3.05, 3.63) is 12.3 Å². The Labute approximate surface area is 108 Å². The number of rotatable bonds is 8. The lowest BCUT2D eigenvalue weighted by Crippen LogP contribution is -2.28. The lowest BCUT2D eigenvalue weighted by molar-refractivity contribution is 0.178. The van der Waals surface area contributed by atoms with Gasteiger partial charge in [0.2, 0.25) is 11.8 Å². The summed E-state index contributed by atoms with van der Waals surface area (Å²) in [5, 5.41) is 3.11. The minimum absolute atomic E-state index is 0.0256. The first kappa shape index (κ1) is 14.7. The zero-order chi connectivity index (χ0) is 13.4. The maximum absolute atomic E-state index is 5.81. The van der Waals surface area contributed by atoms with Crippen LogP contribution in [0.1, 0.15) is 20.3 Å². The second-order valence-corrected chi connectivity index (χ2v) is 4.32. The summed E-state index contributed by atoms with van der Waals surface area (Å²) in [5.41, 5.74) is 5.81. The molecule has 0 fully saturated rings. The highest BCUT2D eigenvalue weighted by molar-refractivity contribution is 5.27. The van der Waals surface area contributed by atoms with Crippen LogP contribution < -0.4 is 15.8 Å². The van der Waals surface area contributed by atoms with Gasteiger partial charge in [-0.05, 0) is 20.3 Å². The van der Waals surface area contributed by atoms with Crippen LogP contribution in [-0.2, 0) is 4.74 Å². The number of methoxy groups -OCH3 is 1. The molecule has 1 aromatic rings. The van der Waals surface area contributed by atoms with E-state index in [1.807, 2.05) is 13.8 Å². The van der Waals surface area contributed by atoms with Crippen LogP contribution in [0, 0.1) is 0 Å². The molecule has 1 heterocycles. The molecular formula is C12H22N4O2. The zero-order valence-electron chi connectivity index (χ0n) is 11.2. The number of nitrogens with two attached hydrogens (primary N) is 1. The molecule has 0 radical (unpaired) electrons. The molecular weight excluding hydrogens is 232 g/mol. The van der Waals surface area contributed by atoms with E-state index in [4.69, 9.17) is 15.2 Å². The molecule has 0 amide bonds. The minimum atomic E-state index is 0.0256. The molecule has 1 rings (SSSR count). The molecule has 0 aliphatic rings. The van der Waals surface area contributed by atoms with E-state index in [1.165, 1.54) is 0 Å². The first-order chi connectivity index (χ1) is 8.61. The van der Waals surface area contributed by atoms with Crippen molar-refractivity contribution in [1.29, 1.82) is 0 Å². The number of hydrogen-bond acceptors (Lipinski definition) is 6. The van der Waals surface area contributed by atoms with E-state index in [1.54, 1.807) is 19.4 Å². The topological polar surface area (TPSA) is 82.3 Å². The third-order valence-electron chi connectivity index (χ3n) is 2.17. The number of nitrogens with zero attached hydrogens (tertiary/aromatic N) is 2. The van der Waals surface area contributed by atoms with Crippen molar-refractivity contribution in [2.45, 2.75) is 32.4 Å². The van der Waals surface area contributed by atoms with Crippen molar-refractivity contribution in [3.8, 4) is 5.88 Å². The lowest BCUT2D eigenvalue weighted by atomic mass is 10.2. The molecule has 1 unspecified atom stereocenters. The van der Waals surface area contributed by atoms with E-state index in [0.29, 0.717) is 25.0 Å². The largest absolute Gasteiger partial charge is 0.475 e. The van der Waals surface area contributed by atoms with Gasteiger partial charge in [0.1, 0.15) is 0 Å². The Morgan fingerprint density at radius 3 is 2.89 bits per heavy atom. The monoisotopic (exact) mass is 254 g/mol. The molecule has 0 saturated heterocycles. The number of hydrogen-bond donors (Lipinski definition) is 2.